The molecule has 12 heavy (non-hydrogen) atoms. The van der Waals surface area contributed by atoms with Gasteiger partial charge in [0.1, 0.15) is 11.6 Å². The van der Waals surface area contributed by atoms with Crippen LogP contribution in [0.5, 0.6) is 0 Å². The second kappa shape index (κ2) is 3.63. The molecule has 66 valence electrons. The van der Waals surface area contributed by atoms with Gasteiger partial charge in [0.05, 0.1) is 11.7 Å². The van der Waals surface area contributed by atoms with Gasteiger partial charge in [0.15, 0.2) is 0 Å². The molecule has 0 fully saturated rings. The molecule has 0 saturated carbocycles. The van der Waals surface area contributed by atoms with Crippen LogP contribution >= 0.6 is 0 Å². The summed E-state index contributed by atoms with van der Waals surface area (Å²) in [6.07, 6.45) is -0.746. The van der Waals surface area contributed by atoms with Crippen LogP contribution in [-0.2, 0) is 0 Å². The molecule has 0 aromatic heterocycles. The van der Waals surface area contributed by atoms with Crippen LogP contribution in [0.2, 0.25) is 0 Å². The molecule has 1 unspecified atom stereocenters. The van der Waals surface area contributed by atoms with Gasteiger partial charge in [-0.25, -0.2) is 8.78 Å². The van der Waals surface area contributed by atoms with Crippen molar-refractivity contribution in [2.24, 2.45) is 0 Å². The van der Waals surface area contributed by atoms with E-state index in [0.717, 1.165) is 12.1 Å². The third-order valence-electron chi connectivity index (χ3n) is 1.72. The molecule has 0 amide bonds. The molecule has 0 aliphatic heterocycles. The van der Waals surface area contributed by atoms with E-state index in [1.165, 1.54) is 6.07 Å². The van der Waals surface area contributed by atoms with Gasteiger partial charge < -0.3 is 5.11 Å². The summed E-state index contributed by atoms with van der Waals surface area (Å²) < 4.78 is 25.8. The van der Waals surface area contributed by atoms with Gasteiger partial charge in [-0.2, -0.15) is 0 Å². The minimum Gasteiger partial charge on any atom is -0.388 e. The molecule has 0 saturated heterocycles. The number of benzene rings is 1. The molecule has 0 aliphatic rings. The Balaban J connectivity index is 3.12. The molecule has 3 heteroatoms. The Morgan fingerprint density at radius 1 is 1.33 bits per heavy atom. The van der Waals surface area contributed by atoms with E-state index in [1.807, 2.05) is 0 Å². The fraction of sp³-hybridized carbons (Fsp3) is 0.333. The maximum absolute atomic E-state index is 12.9. The van der Waals surface area contributed by atoms with Crippen molar-refractivity contribution in [2.75, 3.05) is 0 Å². The Hall–Kier alpha value is -0.960. The minimum absolute atomic E-state index is 0.236. The molecule has 1 rings (SSSR count). The Kier molecular flexibility index (Phi) is 2.76. The summed E-state index contributed by atoms with van der Waals surface area (Å²) in [6.45, 7) is 1.66. The molecule has 0 bridgehead atoms. The first kappa shape index (κ1) is 9.13. The highest BCUT2D eigenvalue weighted by Crippen LogP contribution is 2.22. The standard InChI is InChI=1S/C9H10F2O/c1-2-8(12)9-6(10)4-3-5-7(9)11/h3-5,8,12H,2H2,1H3. The molecule has 0 spiro atoms. The van der Waals surface area contributed by atoms with Crippen LogP contribution in [0.3, 0.4) is 0 Å². The number of aliphatic hydroxyl groups excluding tert-OH is 1. The van der Waals surface area contributed by atoms with Crippen LogP contribution in [0, 0.1) is 11.6 Å². The third-order valence-corrected chi connectivity index (χ3v) is 1.72. The first-order valence-corrected chi connectivity index (χ1v) is 3.78. The normalized spacial score (nSPS) is 13.0. The van der Waals surface area contributed by atoms with E-state index < -0.39 is 17.7 Å². The number of hydrogen-bond donors (Lipinski definition) is 1. The number of aliphatic hydroxyl groups is 1. The zero-order valence-corrected chi connectivity index (χ0v) is 6.72. The summed E-state index contributed by atoms with van der Waals surface area (Å²) in [4.78, 5) is 0. The van der Waals surface area contributed by atoms with Crippen molar-refractivity contribution in [3.8, 4) is 0 Å². The van der Waals surface area contributed by atoms with Gasteiger partial charge in [-0.3, -0.25) is 0 Å². The van der Waals surface area contributed by atoms with Crippen LogP contribution in [-0.4, -0.2) is 5.11 Å². The van der Waals surface area contributed by atoms with E-state index in [1.54, 1.807) is 6.92 Å². The van der Waals surface area contributed by atoms with Crippen LogP contribution in [0.15, 0.2) is 18.2 Å². The lowest BCUT2D eigenvalue weighted by Crippen LogP contribution is -2.02. The number of halogens is 2. The van der Waals surface area contributed by atoms with E-state index in [-0.39, 0.29) is 5.56 Å². The average Bonchev–Trinajstić information content (AvgIpc) is 2.03. The van der Waals surface area contributed by atoms with E-state index >= 15 is 0 Å². The fourth-order valence-corrected chi connectivity index (χ4v) is 1.03. The molecular formula is C9H10F2O. The highest BCUT2D eigenvalue weighted by atomic mass is 19.1. The summed E-state index contributed by atoms with van der Waals surface area (Å²) in [7, 11) is 0. The molecule has 1 atom stereocenters. The van der Waals surface area contributed by atoms with Gasteiger partial charge in [-0.15, -0.1) is 0 Å². The Labute approximate surface area is 69.7 Å². The lowest BCUT2D eigenvalue weighted by molar-refractivity contribution is 0.164. The number of rotatable bonds is 2. The third kappa shape index (κ3) is 1.61. The number of hydrogen-bond acceptors (Lipinski definition) is 1. The van der Waals surface area contributed by atoms with Gasteiger partial charge in [-0.1, -0.05) is 13.0 Å². The van der Waals surface area contributed by atoms with Gasteiger partial charge in [0.2, 0.25) is 0 Å². The van der Waals surface area contributed by atoms with E-state index in [2.05, 4.69) is 0 Å². The molecule has 0 heterocycles. The highest BCUT2D eigenvalue weighted by Gasteiger charge is 2.15. The monoisotopic (exact) mass is 172 g/mol. The largest absolute Gasteiger partial charge is 0.388 e. The molecule has 0 radical (unpaired) electrons. The maximum atomic E-state index is 12.9. The van der Waals surface area contributed by atoms with Crippen molar-refractivity contribution in [3.05, 3.63) is 35.4 Å². The minimum atomic E-state index is -1.05. The van der Waals surface area contributed by atoms with Gasteiger partial charge >= 0.3 is 0 Å². The van der Waals surface area contributed by atoms with Gasteiger partial charge in [0, 0.05) is 0 Å². The van der Waals surface area contributed by atoms with Crippen LogP contribution < -0.4 is 0 Å². The molecule has 1 N–H and O–H groups in total. The summed E-state index contributed by atoms with van der Waals surface area (Å²) in [5.74, 6) is -1.38. The zero-order valence-electron chi connectivity index (χ0n) is 6.72. The lowest BCUT2D eigenvalue weighted by atomic mass is 10.1. The maximum Gasteiger partial charge on any atom is 0.131 e. The highest BCUT2D eigenvalue weighted by molar-refractivity contribution is 5.21. The quantitative estimate of drug-likeness (QED) is 0.726. The predicted molar refractivity (Wildman–Crippen MR) is 41.6 cm³/mol. The summed E-state index contributed by atoms with van der Waals surface area (Å²) in [5, 5.41) is 9.21. The predicted octanol–water partition coefficient (Wildman–Crippen LogP) is 2.41. The Morgan fingerprint density at radius 2 is 1.83 bits per heavy atom. The Bertz CT molecular complexity index is 253. The SMILES string of the molecule is CCC(O)c1c(F)cccc1F. The van der Waals surface area contributed by atoms with E-state index in [4.69, 9.17) is 0 Å². The van der Waals surface area contributed by atoms with Gasteiger partial charge in [-0.05, 0) is 18.6 Å². The first-order valence-electron chi connectivity index (χ1n) is 3.78. The van der Waals surface area contributed by atoms with Gasteiger partial charge in [0.25, 0.3) is 0 Å². The summed E-state index contributed by atoms with van der Waals surface area (Å²) >= 11 is 0. The van der Waals surface area contributed by atoms with Crippen LogP contribution in [0.1, 0.15) is 25.0 Å². The fourth-order valence-electron chi connectivity index (χ4n) is 1.03. The van der Waals surface area contributed by atoms with E-state index in [0.29, 0.717) is 6.42 Å². The second-order valence-electron chi connectivity index (χ2n) is 2.56. The first-order chi connectivity index (χ1) is 5.66. The van der Waals surface area contributed by atoms with Crippen molar-refractivity contribution < 1.29 is 13.9 Å². The van der Waals surface area contributed by atoms with Crippen LogP contribution in [0.25, 0.3) is 0 Å². The second-order valence-corrected chi connectivity index (χ2v) is 2.56. The molecular weight excluding hydrogens is 162 g/mol. The van der Waals surface area contributed by atoms with Crippen molar-refractivity contribution in [2.45, 2.75) is 19.4 Å². The summed E-state index contributed by atoms with van der Waals surface area (Å²) in [5.41, 5.74) is -0.236. The van der Waals surface area contributed by atoms with Crippen molar-refractivity contribution in [3.63, 3.8) is 0 Å². The smallest absolute Gasteiger partial charge is 0.131 e. The zero-order chi connectivity index (χ0) is 9.14. The molecule has 0 aliphatic carbocycles. The van der Waals surface area contributed by atoms with Crippen molar-refractivity contribution in [1.29, 1.82) is 0 Å². The topological polar surface area (TPSA) is 20.2 Å². The van der Waals surface area contributed by atoms with Crippen molar-refractivity contribution >= 4 is 0 Å². The van der Waals surface area contributed by atoms with Crippen molar-refractivity contribution in [1.82, 2.24) is 0 Å². The lowest BCUT2D eigenvalue weighted by Gasteiger charge is -2.09. The molecule has 1 aromatic carbocycles. The molecule has 1 aromatic rings. The average molecular weight is 172 g/mol. The summed E-state index contributed by atoms with van der Waals surface area (Å²) in [6, 6.07) is 3.55. The Morgan fingerprint density at radius 3 is 2.25 bits per heavy atom. The van der Waals surface area contributed by atoms with Crippen LogP contribution in [0.4, 0.5) is 8.78 Å². The molecule has 1 nitrogen and oxygen atoms in total. The van der Waals surface area contributed by atoms with E-state index in [9.17, 15) is 13.9 Å².